The predicted molar refractivity (Wildman–Crippen MR) is 88.7 cm³/mol. The number of carbonyl (C=O) groups is 1. The van der Waals surface area contributed by atoms with Crippen LogP contribution in [-0.4, -0.2) is 53.4 Å². The Bertz CT molecular complexity index is 630. The number of halogens is 2. The van der Waals surface area contributed by atoms with Crippen LogP contribution in [0.2, 0.25) is 0 Å². The van der Waals surface area contributed by atoms with E-state index in [4.69, 9.17) is 0 Å². The number of rotatable bonds is 4. The summed E-state index contributed by atoms with van der Waals surface area (Å²) in [6, 6.07) is 7.49. The molecular weight excluding hydrogens is 319 g/mol. The Hall–Kier alpha value is -2.05. The van der Waals surface area contributed by atoms with Crippen LogP contribution in [0, 0.1) is 5.82 Å². The first kappa shape index (κ1) is 17.3. The summed E-state index contributed by atoms with van der Waals surface area (Å²) in [6.07, 6.45) is 3.46. The maximum atomic E-state index is 12.9. The van der Waals surface area contributed by atoms with Crippen LogP contribution in [0.25, 0.3) is 0 Å². The first-order chi connectivity index (χ1) is 10.7. The van der Waals surface area contributed by atoms with Gasteiger partial charge in [-0.15, -0.1) is 12.4 Å². The Kier molecular flexibility index (Phi) is 6.01. The highest BCUT2D eigenvalue weighted by molar-refractivity contribution is 5.97. The van der Waals surface area contributed by atoms with Gasteiger partial charge in [0.1, 0.15) is 5.82 Å². The van der Waals surface area contributed by atoms with E-state index < -0.39 is 0 Å². The molecule has 0 N–H and O–H groups in total. The van der Waals surface area contributed by atoms with Crippen LogP contribution in [0.15, 0.2) is 42.7 Å². The summed E-state index contributed by atoms with van der Waals surface area (Å²) in [5.41, 5.74) is 0.551. The van der Waals surface area contributed by atoms with Crippen molar-refractivity contribution in [2.45, 2.75) is 0 Å². The van der Waals surface area contributed by atoms with Gasteiger partial charge in [-0.1, -0.05) is 0 Å². The molecular formula is C16H18ClFN4O. The third-order valence-electron chi connectivity index (χ3n) is 3.74. The van der Waals surface area contributed by atoms with Crippen molar-refractivity contribution < 1.29 is 9.18 Å². The molecule has 0 saturated carbocycles. The molecule has 1 aliphatic rings. The van der Waals surface area contributed by atoms with E-state index >= 15 is 0 Å². The third kappa shape index (κ3) is 4.46. The molecule has 23 heavy (non-hydrogen) atoms. The topological polar surface area (TPSA) is 49.3 Å². The van der Waals surface area contributed by atoms with Crippen molar-refractivity contribution in [2.24, 2.45) is 0 Å². The molecule has 1 aliphatic heterocycles. The van der Waals surface area contributed by atoms with E-state index in [1.807, 2.05) is 0 Å². The number of piperazine rings is 1. The summed E-state index contributed by atoms with van der Waals surface area (Å²) < 4.78 is 12.9. The zero-order chi connectivity index (χ0) is 15.4. The summed E-state index contributed by atoms with van der Waals surface area (Å²) in [7, 11) is 0. The van der Waals surface area contributed by atoms with E-state index in [0.717, 1.165) is 32.1 Å². The summed E-state index contributed by atoms with van der Waals surface area (Å²) in [6.45, 7) is 3.51. The molecule has 0 spiro atoms. The van der Waals surface area contributed by atoms with E-state index in [1.54, 1.807) is 18.5 Å². The summed E-state index contributed by atoms with van der Waals surface area (Å²) >= 11 is 0. The lowest BCUT2D eigenvalue weighted by Crippen LogP contribution is -2.48. The van der Waals surface area contributed by atoms with Crippen LogP contribution in [0.4, 0.5) is 10.3 Å². The second-order valence-electron chi connectivity index (χ2n) is 5.24. The maximum absolute atomic E-state index is 12.9. The fourth-order valence-electron chi connectivity index (χ4n) is 2.49. The highest BCUT2D eigenvalue weighted by Crippen LogP contribution is 2.11. The van der Waals surface area contributed by atoms with Gasteiger partial charge in [0.25, 0.3) is 0 Å². The average molecular weight is 337 g/mol. The van der Waals surface area contributed by atoms with Gasteiger partial charge in [0.2, 0.25) is 5.95 Å². The number of benzene rings is 1. The number of hydrogen-bond acceptors (Lipinski definition) is 5. The first-order valence-electron chi connectivity index (χ1n) is 7.25. The molecule has 2 aromatic rings. The summed E-state index contributed by atoms with van der Waals surface area (Å²) in [4.78, 5) is 24.9. The van der Waals surface area contributed by atoms with Crippen LogP contribution in [0.5, 0.6) is 0 Å². The molecule has 0 radical (unpaired) electrons. The molecule has 1 aromatic heterocycles. The molecule has 7 heteroatoms. The number of nitrogens with zero attached hydrogens (tertiary/aromatic N) is 4. The molecule has 1 aromatic carbocycles. The molecule has 3 rings (SSSR count). The number of carbonyl (C=O) groups excluding carboxylic acids is 1. The third-order valence-corrected chi connectivity index (χ3v) is 3.74. The molecule has 122 valence electrons. The van der Waals surface area contributed by atoms with Crippen molar-refractivity contribution in [2.75, 3.05) is 37.6 Å². The van der Waals surface area contributed by atoms with Gasteiger partial charge < -0.3 is 4.90 Å². The van der Waals surface area contributed by atoms with E-state index in [0.29, 0.717) is 12.1 Å². The van der Waals surface area contributed by atoms with Crippen molar-refractivity contribution >= 4 is 24.1 Å². The Labute approximate surface area is 140 Å². The van der Waals surface area contributed by atoms with E-state index in [2.05, 4.69) is 19.8 Å². The lowest BCUT2D eigenvalue weighted by atomic mass is 10.1. The van der Waals surface area contributed by atoms with Crippen LogP contribution in [0.1, 0.15) is 10.4 Å². The predicted octanol–water partition coefficient (Wildman–Crippen LogP) is 2.04. The van der Waals surface area contributed by atoms with E-state index in [9.17, 15) is 9.18 Å². The quantitative estimate of drug-likeness (QED) is 0.800. The minimum atomic E-state index is -0.326. The molecule has 0 atom stereocenters. The number of hydrogen-bond donors (Lipinski definition) is 0. The maximum Gasteiger partial charge on any atom is 0.225 e. The average Bonchev–Trinajstić information content (AvgIpc) is 2.57. The normalized spacial score (nSPS) is 15.1. The van der Waals surface area contributed by atoms with Crippen molar-refractivity contribution in [1.29, 1.82) is 0 Å². The second kappa shape index (κ2) is 7.99. The number of aromatic nitrogens is 2. The van der Waals surface area contributed by atoms with Crippen molar-refractivity contribution in [3.63, 3.8) is 0 Å². The van der Waals surface area contributed by atoms with Crippen molar-refractivity contribution in [3.05, 3.63) is 54.1 Å². The van der Waals surface area contributed by atoms with Gasteiger partial charge in [0.05, 0.1) is 6.54 Å². The van der Waals surface area contributed by atoms with Crippen molar-refractivity contribution in [3.8, 4) is 0 Å². The lowest BCUT2D eigenvalue weighted by Gasteiger charge is -2.34. The van der Waals surface area contributed by atoms with Crippen molar-refractivity contribution in [1.82, 2.24) is 14.9 Å². The standard InChI is InChI=1S/C16H17FN4O.ClH/c17-14-4-2-13(3-5-14)15(22)12-20-8-10-21(11-9-20)16-18-6-1-7-19-16;/h1-7H,8-12H2;1H. The minimum Gasteiger partial charge on any atom is -0.338 e. The largest absolute Gasteiger partial charge is 0.338 e. The van der Waals surface area contributed by atoms with Crippen LogP contribution in [0.3, 0.4) is 0 Å². The van der Waals surface area contributed by atoms with Crippen LogP contribution >= 0.6 is 12.4 Å². The van der Waals surface area contributed by atoms with E-state index in [-0.39, 0.29) is 24.0 Å². The molecule has 1 saturated heterocycles. The number of anilines is 1. The number of ketones is 1. The molecule has 2 heterocycles. The zero-order valence-electron chi connectivity index (χ0n) is 12.6. The molecule has 0 amide bonds. The van der Waals surface area contributed by atoms with Gasteiger partial charge in [-0.05, 0) is 30.3 Å². The molecule has 0 aliphatic carbocycles. The lowest BCUT2D eigenvalue weighted by molar-refractivity contribution is 0.0926. The Balaban J connectivity index is 0.00000192. The van der Waals surface area contributed by atoms with Gasteiger partial charge in [-0.3, -0.25) is 9.69 Å². The summed E-state index contributed by atoms with van der Waals surface area (Å²) in [5, 5.41) is 0. The van der Waals surface area contributed by atoms with Crippen LogP contribution < -0.4 is 4.90 Å². The Morgan fingerprint density at radius 2 is 1.65 bits per heavy atom. The Morgan fingerprint density at radius 3 is 2.26 bits per heavy atom. The SMILES string of the molecule is Cl.O=C(CN1CCN(c2ncccn2)CC1)c1ccc(F)cc1. The minimum absolute atomic E-state index is 0. The second-order valence-corrected chi connectivity index (χ2v) is 5.24. The number of Topliss-reactive ketones (excluding diaryl/α,β-unsaturated/α-hetero) is 1. The first-order valence-corrected chi connectivity index (χ1v) is 7.25. The van der Waals surface area contributed by atoms with Crippen LogP contribution in [-0.2, 0) is 0 Å². The highest BCUT2D eigenvalue weighted by atomic mass is 35.5. The van der Waals surface area contributed by atoms with Gasteiger partial charge in [-0.25, -0.2) is 14.4 Å². The molecule has 5 nitrogen and oxygen atoms in total. The fourth-order valence-corrected chi connectivity index (χ4v) is 2.49. The molecule has 1 fully saturated rings. The van der Waals surface area contributed by atoms with E-state index in [1.165, 1.54) is 24.3 Å². The zero-order valence-corrected chi connectivity index (χ0v) is 13.4. The van der Waals surface area contributed by atoms with Gasteiger partial charge in [-0.2, -0.15) is 0 Å². The summed E-state index contributed by atoms with van der Waals surface area (Å²) in [5.74, 6) is 0.421. The van der Waals surface area contributed by atoms with Gasteiger partial charge in [0.15, 0.2) is 5.78 Å². The van der Waals surface area contributed by atoms with Gasteiger partial charge in [0, 0.05) is 44.1 Å². The van der Waals surface area contributed by atoms with Gasteiger partial charge >= 0.3 is 0 Å². The highest BCUT2D eigenvalue weighted by Gasteiger charge is 2.20. The monoisotopic (exact) mass is 336 g/mol. The molecule has 0 bridgehead atoms. The Morgan fingerprint density at radius 1 is 1.04 bits per heavy atom. The fraction of sp³-hybridized carbons (Fsp3) is 0.312. The molecule has 0 unspecified atom stereocenters. The smallest absolute Gasteiger partial charge is 0.225 e.